The summed E-state index contributed by atoms with van der Waals surface area (Å²) in [5, 5.41) is 3.50. The molecule has 3 fully saturated rings. The third-order valence-electron chi connectivity index (χ3n) is 8.51. The van der Waals surface area contributed by atoms with E-state index >= 15 is 0 Å². The topological polar surface area (TPSA) is 29.1 Å². The Bertz CT molecular complexity index is 617. The van der Waals surface area contributed by atoms with E-state index in [9.17, 15) is 4.79 Å². The maximum Gasteiger partial charge on any atom is 0.159 e. The van der Waals surface area contributed by atoms with Gasteiger partial charge in [0.25, 0.3) is 0 Å². The van der Waals surface area contributed by atoms with Crippen molar-refractivity contribution in [3.8, 4) is 0 Å². The number of nitrogens with one attached hydrogen (secondary N) is 1. The van der Waals surface area contributed by atoms with Gasteiger partial charge >= 0.3 is 0 Å². The molecule has 2 nitrogen and oxygen atoms in total. The van der Waals surface area contributed by atoms with Crippen molar-refractivity contribution in [2.45, 2.75) is 71.8 Å². The summed E-state index contributed by atoms with van der Waals surface area (Å²) >= 11 is 0. The van der Waals surface area contributed by atoms with Crippen LogP contribution in [0.15, 0.2) is 23.3 Å². The summed E-state index contributed by atoms with van der Waals surface area (Å²) in [6.07, 6.45) is 13.1. The number of hydrogen-bond donors (Lipinski definition) is 1. The second-order valence-electron chi connectivity index (χ2n) is 9.27. The SMILES string of the molecule is C/C=C1/C(=O)C[C@@H]2[C@H]3CC=C4C[C@@H](NC)CC[C@]4(C)[C@@H]3CC[C@]12C. The van der Waals surface area contributed by atoms with Gasteiger partial charge in [0.15, 0.2) is 5.78 Å². The van der Waals surface area contributed by atoms with Crippen molar-refractivity contribution in [3.05, 3.63) is 23.3 Å². The largest absolute Gasteiger partial charge is 0.317 e. The van der Waals surface area contributed by atoms with Gasteiger partial charge in [-0.1, -0.05) is 31.6 Å². The van der Waals surface area contributed by atoms with E-state index in [4.69, 9.17) is 0 Å². The van der Waals surface area contributed by atoms with E-state index < -0.39 is 0 Å². The molecule has 0 aromatic heterocycles. The highest BCUT2D eigenvalue weighted by atomic mass is 16.1. The normalized spacial score (nSPS) is 49.4. The first-order valence-corrected chi connectivity index (χ1v) is 10.0. The average Bonchev–Trinajstić information content (AvgIpc) is 2.83. The van der Waals surface area contributed by atoms with Crippen molar-refractivity contribution in [2.75, 3.05) is 7.05 Å². The Balaban J connectivity index is 1.68. The van der Waals surface area contributed by atoms with Gasteiger partial charge in [0.05, 0.1) is 0 Å². The summed E-state index contributed by atoms with van der Waals surface area (Å²) in [7, 11) is 2.11. The molecule has 0 aromatic carbocycles. The van der Waals surface area contributed by atoms with Crippen molar-refractivity contribution >= 4 is 5.78 Å². The van der Waals surface area contributed by atoms with Crippen LogP contribution in [0.25, 0.3) is 0 Å². The van der Waals surface area contributed by atoms with E-state index in [1.54, 1.807) is 5.57 Å². The highest BCUT2D eigenvalue weighted by Gasteiger charge is 2.59. The first-order valence-electron chi connectivity index (χ1n) is 10.0. The van der Waals surface area contributed by atoms with E-state index in [-0.39, 0.29) is 5.41 Å². The molecule has 4 aliphatic carbocycles. The van der Waals surface area contributed by atoms with Crippen LogP contribution in [0, 0.1) is 28.6 Å². The molecule has 4 aliphatic rings. The van der Waals surface area contributed by atoms with Crippen LogP contribution in [-0.2, 0) is 4.79 Å². The lowest BCUT2D eigenvalue weighted by atomic mass is 9.47. The number of ketones is 1. The van der Waals surface area contributed by atoms with Crippen LogP contribution in [0.3, 0.4) is 0 Å². The van der Waals surface area contributed by atoms with Gasteiger partial charge in [-0.05, 0) is 86.7 Å². The molecule has 24 heavy (non-hydrogen) atoms. The van der Waals surface area contributed by atoms with Crippen molar-refractivity contribution in [1.82, 2.24) is 5.32 Å². The molecule has 132 valence electrons. The van der Waals surface area contributed by atoms with Crippen LogP contribution >= 0.6 is 0 Å². The average molecular weight is 328 g/mol. The molecular formula is C22H33NO. The Morgan fingerprint density at radius 1 is 1.12 bits per heavy atom. The van der Waals surface area contributed by atoms with Gasteiger partial charge in [0.2, 0.25) is 0 Å². The third-order valence-corrected chi connectivity index (χ3v) is 8.51. The fourth-order valence-electron chi connectivity index (χ4n) is 7.06. The summed E-state index contributed by atoms with van der Waals surface area (Å²) in [4.78, 5) is 12.6. The molecule has 0 spiro atoms. The monoisotopic (exact) mass is 327 g/mol. The highest BCUT2D eigenvalue weighted by molar-refractivity contribution is 5.99. The number of carbonyl (C=O) groups excluding carboxylic acids is 1. The fourth-order valence-corrected chi connectivity index (χ4v) is 7.06. The number of carbonyl (C=O) groups is 1. The molecular weight excluding hydrogens is 294 g/mol. The van der Waals surface area contributed by atoms with Gasteiger partial charge in [-0.15, -0.1) is 0 Å². The van der Waals surface area contributed by atoms with Gasteiger partial charge in [-0.25, -0.2) is 0 Å². The Morgan fingerprint density at radius 2 is 1.88 bits per heavy atom. The van der Waals surface area contributed by atoms with Crippen LogP contribution in [0.2, 0.25) is 0 Å². The number of hydrogen-bond acceptors (Lipinski definition) is 2. The Labute approximate surface area is 147 Å². The molecule has 4 rings (SSSR count). The molecule has 0 amide bonds. The Kier molecular flexibility index (Phi) is 3.84. The summed E-state index contributed by atoms with van der Waals surface area (Å²) in [6.45, 7) is 6.98. The minimum atomic E-state index is 0.150. The van der Waals surface area contributed by atoms with Crippen molar-refractivity contribution < 1.29 is 4.79 Å². The van der Waals surface area contributed by atoms with Crippen molar-refractivity contribution in [2.24, 2.45) is 28.6 Å². The van der Waals surface area contributed by atoms with Crippen LogP contribution in [0.5, 0.6) is 0 Å². The van der Waals surface area contributed by atoms with E-state index in [0.29, 0.717) is 29.1 Å². The maximum atomic E-state index is 12.6. The van der Waals surface area contributed by atoms with E-state index in [1.807, 2.05) is 0 Å². The second kappa shape index (κ2) is 5.56. The number of Topliss-reactive ketones (excluding diaryl/α,β-unsaturated/α-hetero) is 1. The van der Waals surface area contributed by atoms with Gasteiger partial charge in [0.1, 0.15) is 0 Å². The van der Waals surface area contributed by atoms with Crippen molar-refractivity contribution in [3.63, 3.8) is 0 Å². The van der Waals surface area contributed by atoms with E-state index in [2.05, 4.69) is 45.3 Å². The van der Waals surface area contributed by atoms with Gasteiger partial charge in [0, 0.05) is 12.5 Å². The molecule has 2 heteroatoms. The Hall–Kier alpha value is -0.890. The predicted molar refractivity (Wildman–Crippen MR) is 98.7 cm³/mol. The summed E-state index contributed by atoms with van der Waals surface area (Å²) in [5.41, 5.74) is 3.40. The van der Waals surface area contributed by atoms with Crippen LogP contribution in [0.1, 0.15) is 65.7 Å². The molecule has 0 aromatic rings. The standard InChI is InChI=1S/C22H33NO/c1-5-17-20(24)13-19-16-7-6-14-12-15(23-4)8-10-21(14,2)18(16)9-11-22(17,19)3/h5-6,15-16,18-19,23H,7-13H2,1-4H3/b17-5-/t15-,16-,18+,19+,21-,22+/m0/s1. The zero-order chi connectivity index (χ0) is 17.1. The molecule has 0 heterocycles. The molecule has 6 atom stereocenters. The van der Waals surface area contributed by atoms with Gasteiger partial charge < -0.3 is 5.32 Å². The zero-order valence-corrected chi connectivity index (χ0v) is 15.8. The number of rotatable bonds is 1. The third kappa shape index (κ3) is 2.08. The minimum absolute atomic E-state index is 0.150. The molecule has 0 aliphatic heterocycles. The summed E-state index contributed by atoms with van der Waals surface area (Å²) < 4.78 is 0. The smallest absolute Gasteiger partial charge is 0.159 e. The Morgan fingerprint density at radius 3 is 2.58 bits per heavy atom. The van der Waals surface area contributed by atoms with Crippen LogP contribution < -0.4 is 5.32 Å². The molecule has 3 saturated carbocycles. The fraction of sp³-hybridized carbons (Fsp3) is 0.773. The first-order chi connectivity index (χ1) is 11.4. The predicted octanol–water partition coefficient (Wildman–Crippen LogP) is 4.66. The maximum absolute atomic E-state index is 12.6. The van der Waals surface area contributed by atoms with Crippen LogP contribution in [-0.4, -0.2) is 18.9 Å². The molecule has 0 saturated heterocycles. The van der Waals surface area contributed by atoms with E-state index in [0.717, 1.165) is 17.9 Å². The lowest BCUT2D eigenvalue weighted by molar-refractivity contribution is -0.115. The quantitative estimate of drug-likeness (QED) is 0.560. The zero-order valence-electron chi connectivity index (χ0n) is 15.8. The van der Waals surface area contributed by atoms with Gasteiger partial charge in [-0.2, -0.15) is 0 Å². The second-order valence-corrected chi connectivity index (χ2v) is 9.27. The lowest BCUT2D eigenvalue weighted by Gasteiger charge is -2.57. The van der Waals surface area contributed by atoms with E-state index in [1.165, 1.54) is 38.5 Å². The van der Waals surface area contributed by atoms with Crippen molar-refractivity contribution in [1.29, 1.82) is 0 Å². The molecule has 1 N–H and O–H groups in total. The number of fused-ring (bicyclic) bond motifs is 5. The summed E-state index contributed by atoms with van der Waals surface area (Å²) in [5.74, 6) is 2.51. The minimum Gasteiger partial charge on any atom is -0.317 e. The summed E-state index contributed by atoms with van der Waals surface area (Å²) in [6, 6.07) is 0.664. The molecule has 0 bridgehead atoms. The lowest BCUT2D eigenvalue weighted by Crippen LogP contribution is -2.50. The number of allylic oxidation sites excluding steroid dienone is 3. The highest BCUT2D eigenvalue weighted by Crippen LogP contribution is 2.65. The van der Waals surface area contributed by atoms with Gasteiger partial charge in [-0.3, -0.25) is 4.79 Å². The van der Waals surface area contributed by atoms with Crippen LogP contribution in [0.4, 0.5) is 0 Å². The first kappa shape index (κ1) is 16.6. The molecule has 0 radical (unpaired) electrons. The molecule has 0 unspecified atom stereocenters.